The van der Waals surface area contributed by atoms with Gasteiger partial charge in [0.05, 0.1) is 24.2 Å². The summed E-state index contributed by atoms with van der Waals surface area (Å²) >= 11 is 0. The average molecular weight is 378 g/mol. The number of nitrogen functional groups attached to an aromatic ring is 1. The van der Waals surface area contributed by atoms with Crippen molar-refractivity contribution in [3.05, 3.63) is 66.2 Å². The molecule has 1 aliphatic heterocycles. The van der Waals surface area contributed by atoms with Crippen LogP contribution in [-0.4, -0.2) is 45.1 Å². The number of nitrogens with zero attached hydrogens (tertiary/aromatic N) is 3. The van der Waals surface area contributed by atoms with Crippen LogP contribution < -0.4 is 5.73 Å². The zero-order chi connectivity index (χ0) is 19.7. The normalized spacial score (nSPS) is 16.4. The number of nitrogens with two attached hydrogens (primary N) is 1. The molecule has 142 valence electrons. The molecule has 1 unspecified atom stereocenters. The molecule has 6 nitrogen and oxygen atoms in total. The lowest BCUT2D eigenvalue weighted by atomic mass is 9.97. The monoisotopic (exact) mass is 378 g/mol. The molecular formula is C21H19FN4O2. The van der Waals surface area contributed by atoms with E-state index < -0.39 is 11.9 Å². The van der Waals surface area contributed by atoms with E-state index in [1.54, 1.807) is 35.2 Å². The van der Waals surface area contributed by atoms with Gasteiger partial charge in [-0.1, -0.05) is 24.3 Å². The molecule has 0 spiro atoms. The molecule has 2 heterocycles. The molecule has 3 N–H and O–H groups in total. The topological polar surface area (TPSA) is 92.3 Å². The van der Waals surface area contributed by atoms with Gasteiger partial charge in [0.1, 0.15) is 11.6 Å². The number of halogens is 1. The average Bonchev–Trinajstić information content (AvgIpc) is 3.14. The van der Waals surface area contributed by atoms with Crippen LogP contribution in [0.4, 0.5) is 10.2 Å². The third kappa shape index (κ3) is 3.44. The molecule has 1 aromatic heterocycles. The second kappa shape index (κ2) is 7.36. The molecule has 0 aliphatic carbocycles. The summed E-state index contributed by atoms with van der Waals surface area (Å²) in [4.78, 5) is 22.6. The van der Waals surface area contributed by atoms with E-state index in [2.05, 4.69) is 9.97 Å². The molecule has 4 rings (SSSR count). The number of rotatable bonds is 3. The van der Waals surface area contributed by atoms with Crippen LogP contribution in [0.5, 0.6) is 0 Å². The molecule has 1 fully saturated rings. The predicted octanol–water partition coefficient (Wildman–Crippen LogP) is 2.74. The Labute approximate surface area is 161 Å². The van der Waals surface area contributed by atoms with Gasteiger partial charge in [-0.2, -0.15) is 0 Å². The Kier molecular flexibility index (Phi) is 4.75. The van der Waals surface area contributed by atoms with Gasteiger partial charge in [-0.25, -0.2) is 9.37 Å². The summed E-state index contributed by atoms with van der Waals surface area (Å²) in [5.74, 6) is -0.364. The van der Waals surface area contributed by atoms with Crippen LogP contribution in [-0.2, 0) is 0 Å². The fourth-order valence-electron chi connectivity index (χ4n) is 3.39. The highest BCUT2D eigenvalue weighted by molar-refractivity contribution is 6.01. The number of aromatic nitrogens is 2. The minimum Gasteiger partial charge on any atom is -0.391 e. The van der Waals surface area contributed by atoms with Crippen LogP contribution in [0.3, 0.4) is 0 Å². The number of aliphatic hydroxyl groups is 1. The van der Waals surface area contributed by atoms with Crippen LogP contribution in [0.1, 0.15) is 16.8 Å². The van der Waals surface area contributed by atoms with E-state index in [1.807, 2.05) is 6.07 Å². The van der Waals surface area contributed by atoms with Gasteiger partial charge in [0, 0.05) is 24.2 Å². The number of carbonyl (C=O) groups is 1. The number of β-amino-alcohol motifs (C(OH)–C–C–N with tert-alkyl or cyclic N) is 1. The van der Waals surface area contributed by atoms with E-state index >= 15 is 0 Å². The van der Waals surface area contributed by atoms with Gasteiger partial charge < -0.3 is 15.7 Å². The molecule has 2 aromatic carbocycles. The molecular weight excluding hydrogens is 359 g/mol. The SMILES string of the molecule is Nc1cnc(-c2ccc(-c3ccccc3C(=O)N3CCC(O)C3)cc2F)cn1. The Bertz CT molecular complexity index is 1020. The van der Waals surface area contributed by atoms with Gasteiger partial charge >= 0.3 is 0 Å². The summed E-state index contributed by atoms with van der Waals surface area (Å²) in [6.45, 7) is 0.827. The highest BCUT2D eigenvalue weighted by Gasteiger charge is 2.27. The van der Waals surface area contributed by atoms with Gasteiger partial charge in [-0.3, -0.25) is 9.78 Å². The molecule has 0 bridgehead atoms. The van der Waals surface area contributed by atoms with Crippen LogP contribution >= 0.6 is 0 Å². The van der Waals surface area contributed by atoms with Crippen LogP contribution in [0.25, 0.3) is 22.4 Å². The number of anilines is 1. The lowest BCUT2D eigenvalue weighted by Gasteiger charge is -2.18. The summed E-state index contributed by atoms with van der Waals surface area (Å²) < 4.78 is 14.8. The van der Waals surface area contributed by atoms with E-state index in [1.165, 1.54) is 18.5 Å². The van der Waals surface area contributed by atoms with E-state index in [0.717, 1.165) is 0 Å². The van der Waals surface area contributed by atoms with Crippen LogP contribution in [0.15, 0.2) is 54.9 Å². The zero-order valence-electron chi connectivity index (χ0n) is 15.0. The molecule has 1 amide bonds. The number of aliphatic hydroxyl groups excluding tert-OH is 1. The van der Waals surface area contributed by atoms with Crippen molar-refractivity contribution in [2.75, 3.05) is 18.8 Å². The summed E-state index contributed by atoms with van der Waals surface area (Å²) in [6.07, 6.45) is 2.87. The van der Waals surface area contributed by atoms with Gasteiger partial charge in [0.2, 0.25) is 0 Å². The Morgan fingerprint density at radius 1 is 1.14 bits per heavy atom. The molecule has 0 radical (unpaired) electrons. The number of carbonyl (C=O) groups excluding carboxylic acids is 1. The van der Waals surface area contributed by atoms with Crippen molar-refractivity contribution < 1.29 is 14.3 Å². The van der Waals surface area contributed by atoms with Crippen LogP contribution in [0.2, 0.25) is 0 Å². The number of likely N-dealkylation sites (tertiary alicyclic amines) is 1. The molecule has 28 heavy (non-hydrogen) atoms. The van der Waals surface area contributed by atoms with Gasteiger partial charge in [-0.15, -0.1) is 0 Å². The standard InChI is InChI=1S/C21H19FN4O2/c22-18-9-13(5-6-17(18)19-10-25-20(23)11-24-19)15-3-1-2-4-16(15)21(28)26-8-7-14(27)12-26/h1-6,9-11,14,27H,7-8,12H2,(H2,23,25). The third-order valence-electron chi connectivity index (χ3n) is 4.84. The Hall–Kier alpha value is -3.32. The van der Waals surface area contributed by atoms with Crippen molar-refractivity contribution in [2.45, 2.75) is 12.5 Å². The number of benzene rings is 2. The van der Waals surface area contributed by atoms with Crippen molar-refractivity contribution in [3.63, 3.8) is 0 Å². The van der Waals surface area contributed by atoms with Crippen molar-refractivity contribution in [1.82, 2.24) is 14.9 Å². The highest BCUT2D eigenvalue weighted by atomic mass is 19.1. The zero-order valence-corrected chi connectivity index (χ0v) is 15.0. The number of amides is 1. The quantitative estimate of drug-likeness (QED) is 0.731. The lowest BCUT2D eigenvalue weighted by Crippen LogP contribution is -2.29. The number of hydrogen-bond acceptors (Lipinski definition) is 5. The maximum absolute atomic E-state index is 14.8. The number of hydrogen-bond donors (Lipinski definition) is 2. The second-order valence-corrected chi connectivity index (χ2v) is 6.76. The van der Waals surface area contributed by atoms with Gasteiger partial charge in [-0.05, 0) is 35.7 Å². The lowest BCUT2D eigenvalue weighted by molar-refractivity contribution is 0.0765. The summed E-state index contributed by atoms with van der Waals surface area (Å²) in [5.41, 5.74) is 7.94. The van der Waals surface area contributed by atoms with Crippen LogP contribution in [0, 0.1) is 5.82 Å². The third-order valence-corrected chi connectivity index (χ3v) is 4.84. The first-order chi connectivity index (χ1) is 13.5. The summed E-state index contributed by atoms with van der Waals surface area (Å²) in [6, 6.07) is 11.8. The van der Waals surface area contributed by atoms with Crippen molar-refractivity contribution in [1.29, 1.82) is 0 Å². The first-order valence-electron chi connectivity index (χ1n) is 8.97. The molecule has 1 saturated heterocycles. The Balaban J connectivity index is 1.69. The van der Waals surface area contributed by atoms with Crippen molar-refractivity contribution in [2.24, 2.45) is 0 Å². The van der Waals surface area contributed by atoms with E-state index in [0.29, 0.717) is 47.5 Å². The maximum atomic E-state index is 14.8. The van der Waals surface area contributed by atoms with E-state index in [-0.39, 0.29) is 11.7 Å². The fraction of sp³-hybridized carbons (Fsp3) is 0.190. The Morgan fingerprint density at radius 3 is 2.64 bits per heavy atom. The van der Waals surface area contributed by atoms with Crippen molar-refractivity contribution in [3.8, 4) is 22.4 Å². The molecule has 0 saturated carbocycles. The first kappa shape index (κ1) is 18.1. The molecule has 1 atom stereocenters. The molecule has 1 aliphatic rings. The smallest absolute Gasteiger partial charge is 0.254 e. The summed E-state index contributed by atoms with van der Waals surface area (Å²) in [5, 5.41) is 9.71. The minimum absolute atomic E-state index is 0.166. The second-order valence-electron chi connectivity index (χ2n) is 6.76. The van der Waals surface area contributed by atoms with E-state index in [4.69, 9.17) is 5.73 Å². The predicted molar refractivity (Wildman–Crippen MR) is 104 cm³/mol. The van der Waals surface area contributed by atoms with E-state index in [9.17, 15) is 14.3 Å². The fourth-order valence-corrected chi connectivity index (χ4v) is 3.39. The highest BCUT2D eigenvalue weighted by Crippen LogP contribution is 2.30. The van der Waals surface area contributed by atoms with Gasteiger partial charge in [0.15, 0.2) is 0 Å². The summed E-state index contributed by atoms with van der Waals surface area (Å²) in [7, 11) is 0. The first-order valence-corrected chi connectivity index (χ1v) is 8.97. The minimum atomic E-state index is -0.492. The van der Waals surface area contributed by atoms with Crippen molar-refractivity contribution >= 4 is 11.7 Å². The van der Waals surface area contributed by atoms with Gasteiger partial charge in [0.25, 0.3) is 5.91 Å². The maximum Gasteiger partial charge on any atom is 0.254 e. The Morgan fingerprint density at radius 2 is 1.96 bits per heavy atom. The largest absolute Gasteiger partial charge is 0.391 e. The molecule has 3 aromatic rings. The molecule has 7 heteroatoms.